The van der Waals surface area contributed by atoms with E-state index in [4.69, 9.17) is 8.83 Å². The van der Waals surface area contributed by atoms with Gasteiger partial charge in [0.05, 0.1) is 17.4 Å². The SMILES string of the molecule is CN(C)CCCN1C(=O)C(=O)C(=C(O)c2ccc3c(c2)oc(=O)n3C)[C@H]1c1ccco1. The van der Waals surface area contributed by atoms with E-state index in [-0.39, 0.29) is 22.5 Å². The third-order valence-electron chi connectivity index (χ3n) is 5.42. The van der Waals surface area contributed by atoms with Gasteiger partial charge in [-0.1, -0.05) is 0 Å². The van der Waals surface area contributed by atoms with E-state index in [1.165, 1.54) is 21.8 Å². The van der Waals surface area contributed by atoms with Gasteiger partial charge >= 0.3 is 5.76 Å². The van der Waals surface area contributed by atoms with Crippen LogP contribution in [-0.2, 0) is 16.6 Å². The summed E-state index contributed by atoms with van der Waals surface area (Å²) >= 11 is 0. The number of benzene rings is 1. The highest BCUT2D eigenvalue weighted by atomic mass is 16.4. The minimum absolute atomic E-state index is 0.0533. The van der Waals surface area contributed by atoms with Crippen LogP contribution in [0.15, 0.2) is 55.8 Å². The molecule has 162 valence electrons. The van der Waals surface area contributed by atoms with Crippen LogP contribution >= 0.6 is 0 Å². The molecule has 0 spiro atoms. The van der Waals surface area contributed by atoms with Crippen molar-refractivity contribution >= 4 is 28.5 Å². The van der Waals surface area contributed by atoms with Gasteiger partial charge in [-0.2, -0.15) is 0 Å². The summed E-state index contributed by atoms with van der Waals surface area (Å²) in [7, 11) is 5.43. The zero-order valence-electron chi connectivity index (χ0n) is 17.5. The van der Waals surface area contributed by atoms with Crippen LogP contribution in [-0.4, -0.2) is 58.3 Å². The Labute approximate surface area is 177 Å². The topological polar surface area (TPSA) is 109 Å². The zero-order valence-corrected chi connectivity index (χ0v) is 17.5. The summed E-state index contributed by atoms with van der Waals surface area (Å²) in [6.45, 7) is 1.06. The molecule has 1 amide bonds. The van der Waals surface area contributed by atoms with E-state index < -0.39 is 23.5 Å². The molecule has 1 aromatic carbocycles. The van der Waals surface area contributed by atoms with Crippen molar-refractivity contribution in [3.8, 4) is 0 Å². The Bertz CT molecular complexity index is 1230. The van der Waals surface area contributed by atoms with E-state index >= 15 is 0 Å². The number of oxazole rings is 1. The Morgan fingerprint density at radius 1 is 1.19 bits per heavy atom. The first-order valence-corrected chi connectivity index (χ1v) is 9.86. The van der Waals surface area contributed by atoms with Crippen LogP contribution in [0.4, 0.5) is 0 Å². The van der Waals surface area contributed by atoms with Crippen LogP contribution in [0.2, 0.25) is 0 Å². The molecule has 2 aromatic heterocycles. The lowest BCUT2D eigenvalue weighted by Crippen LogP contribution is -2.32. The Kier molecular flexibility index (Phi) is 5.28. The molecule has 9 nitrogen and oxygen atoms in total. The van der Waals surface area contributed by atoms with E-state index in [2.05, 4.69) is 0 Å². The number of likely N-dealkylation sites (tertiary alicyclic amines) is 1. The number of aliphatic hydroxyl groups is 1. The average molecular weight is 425 g/mol. The second-order valence-corrected chi connectivity index (χ2v) is 7.77. The fourth-order valence-electron chi connectivity index (χ4n) is 3.85. The molecular formula is C22H23N3O6. The van der Waals surface area contributed by atoms with Crippen LogP contribution in [0.3, 0.4) is 0 Å². The van der Waals surface area contributed by atoms with Gasteiger partial charge in [0.1, 0.15) is 17.6 Å². The number of aliphatic hydroxyl groups excluding tert-OH is 1. The molecular weight excluding hydrogens is 402 g/mol. The number of aryl methyl sites for hydroxylation is 1. The molecule has 1 fully saturated rings. The van der Waals surface area contributed by atoms with E-state index in [9.17, 15) is 19.5 Å². The monoisotopic (exact) mass is 425 g/mol. The summed E-state index contributed by atoms with van der Waals surface area (Å²) in [6, 6.07) is 7.17. The van der Waals surface area contributed by atoms with E-state index in [1.54, 1.807) is 31.3 Å². The summed E-state index contributed by atoms with van der Waals surface area (Å²) in [6.07, 6.45) is 2.11. The lowest BCUT2D eigenvalue weighted by atomic mass is 9.99. The van der Waals surface area contributed by atoms with Crippen molar-refractivity contribution in [3.63, 3.8) is 0 Å². The second kappa shape index (κ2) is 7.92. The summed E-state index contributed by atoms with van der Waals surface area (Å²) in [4.78, 5) is 40.9. The normalized spacial score (nSPS) is 18.6. The van der Waals surface area contributed by atoms with Gasteiger partial charge in [0.2, 0.25) is 0 Å². The van der Waals surface area contributed by atoms with Gasteiger partial charge in [-0.05, 0) is 57.4 Å². The number of carbonyl (C=O) groups is 2. The molecule has 31 heavy (non-hydrogen) atoms. The van der Waals surface area contributed by atoms with Crippen LogP contribution in [0.1, 0.15) is 23.8 Å². The van der Waals surface area contributed by atoms with Crippen LogP contribution in [0, 0.1) is 0 Å². The number of fused-ring (bicyclic) bond motifs is 1. The van der Waals surface area contributed by atoms with Gasteiger partial charge < -0.3 is 23.7 Å². The zero-order chi connectivity index (χ0) is 22.3. The minimum Gasteiger partial charge on any atom is -0.507 e. The fraction of sp³-hybridized carbons (Fsp3) is 0.318. The summed E-state index contributed by atoms with van der Waals surface area (Å²) in [5.74, 6) is -1.96. The number of hydrogen-bond acceptors (Lipinski definition) is 7. The Hall–Kier alpha value is -3.59. The van der Waals surface area contributed by atoms with Crippen LogP contribution in [0.25, 0.3) is 16.9 Å². The highest BCUT2D eigenvalue weighted by molar-refractivity contribution is 6.46. The molecule has 4 rings (SSSR count). The molecule has 0 saturated carbocycles. The number of furan rings is 1. The molecule has 1 aliphatic heterocycles. The van der Waals surface area contributed by atoms with Crippen LogP contribution in [0.5, 0.6) is 0 Å². The number of ketones is 1. The average Bonchev–Trinajstić information content (AvgIpc) is 3.42. The Morgan fingerprint density at radius 3 is 2.65 bits per heavy atom. The molecule has 1 atom stereocenters. The minimum atomic E-state index is -0.837. The lowest BCUT2D eigenvalue weighted by molar-refractivity contribution is -0.140. The molecule has 3 heterocycles. The molecule has 0 radical (unpaired) electrons. The molecule has 0 unspecified atom stereocenters. The van der Waals surface area contributed by atoms with Crippen molar-refractivity contribution in [1.82, 2.24) is 14.4 Å². The number of hydrogen-bond donors (Lipinski definition) is 1. The highest BCUT2D eigenvalue weighted by Crippen LogP contribution is 2.39. The number of rotatable bonds is 6. The van der Waals surface area contributed by atoms with Crippen molar-refractivity contribution < 1.29 is 23.5 Å². The second-order valence-electron chi connectivity index (χ2n) is 7.77. The molecule has 0 bridgehead atoms. The Balaban J connectivity index is 1.80. The van der Waals surface area contributed by atoms with Gasteiger partial charge in [-0.3, -0.25) is 14.2 Å². The molecule has 1 saturated heterocycles. The van der Waals surface area contributed by atoms with E-state index in [0.717, 1.165) is 6.54 Å². The van der Waals surface area contributed by atoms with Gasteiger partial charge in [0.15, 0.2) is 5.58 Å². The highest BCUT2D eigenvalue weighted by Gasteiger charge is 2.47. The predicted octanol–water partition coefficient (Wildman–Crippen LogP) is 2.10. The first-order chi connectivity index (χ1) is 14.8. The molecule has 9 heteroatoms. The Morgan fingerprint density at radius 2 is 1.97 bits per heavy atom. The first-order valence-electron chi connectivity index (χ1n) is 9.86. The molecule has 1 N–H and O–H groups in total. The quantitative estimate of drug-likeness (QED) is 0.366. The summed E-state index contributed by atoms with van der Waals surface area (Å²) in [5.41, 5.74) is 1.03. The largest absolute Gasteiger partial charge is 0.507 e. The maximum Gasteiger partial charge on any atom is 0.419 e. The molecule has 3 aromatic rings. The summed E-state index contributed by atoms with van der Waals surface area (Å²) in [5, 5.41) is 11.0. The van der Waals surface area contributed by atoms with Crippen molar-refractivity contribution in [2.45, 2.75) is 12.5 Å². The van der Waals surface area contributed by atoms with Crippen molar-refractivity contribution in [2.75, 3.05) is 27.2 Å². The van der Waals surface area contributed by atoms with Gasteiger partial charge in [-0.15, -0.1) is 0 Å². The lowest BCUT2D eigenvalue weighted by Gasteiger charge is -2.23. The standard InChI is InChI=1S/C22H23N3O6/c1-23(2)9-5-10-25-18(15-6-4-11-30-15)17(20(27)21(25)28)19(26)13-7-8-14-16(12-13)31-22(29)24(14)3/h4,6-8,11-12,18,26H,5,9-10H2,1-3H3/t18-/m1/s1. The van der Waals surface area contributed by atoms with E-state index in [1.807, 2.05) is 19.0 Å². The number of amides is 1. The van der Waals surface area contributed by atoms with E-state index in [0.29, 0.717) is 24.2 Å². The van der Waals surface area contributed by atoms with Crippen LogP contribution < -0.4 is 5.76 Å². The number of aromatic nitrogens is 1. The van der Waals surface area contributed by atoms with Gasteiger partial charge in [-0.25, -0.2) is 4.79 Å². The number of nitrogens with zero attached hydrogens (tertiary/aromatic N) is 3. The third-order valence-corrected chi connectivity index (χ3v) is 5.42. The number of Topliss-reactive ketones (excluding diaryl/α,β-unsaturated/α-hetero) is 1. The molecule has 1 aliphatic rings. The molecule has 0 aliphatic carbocycles. The first kappa shape index (κ1) is 20.7. The summed E-state index contributed by atoms with van der Waals surface area (Å²) < 4.78 is 12.0. The number of carbonyl (C=O) groups excluding carboxylic acids is 2. The maximum absolute atomic E-state index is 12.9. The van der Waals surface area contributed by atoms with Crippen molar-refractivity contribution in [3.05, 3.63) is 64.0 Å². The van der Waals surface area contributed by atoms with Crippen molar-refractivity contribution in [1.29, 1.82) is 0 Å². The van der Waals surface area contributed by atoms with Gasteiger partial charge in [0.25, 0.3) is 11.7 Å². The smallest absolute Gasteiger partial charge is 0.419 e. The van der Waals surface area contributed by atoms with Crippen molar-refractivity contribution in [2.24, 2.45) is 7.05 Å². The maximum atomic E-state index is 12.9. The predicted molar refractivity (Wildman–Crippen MR) is 112 cm³/mol. The third kappa shape index (κ3) is 3.57. The fourth-order valence-corrected chi connectivity index (χ4v) is 3.85. The van der Waals surface area contributed by atoms with Gasteiger partial charge in [0, 0.05) is 19.2 Å².